The first-order chi connectivity index (χ1) is 13.6. The molecule has 1 N–H and O–H groups in total. The van der Waals surface area contributed by atoms with E-state index in [1.165, 1.54) is 23.0 Å². The van der Waals surface area contributed by atoms with Crippen molar-refractivity contribution in [3.63, 3.8) is 0 Å². The summed E-state index contributed by atoms with van der Waals surface area (Å²) in [5.74, 6) is -1.11. The van der Waals surface area contributed by atoms with Gasteiger partial charge in [0, 0.05) is 23.7 Å². The zero-order valence-corrected chi connectivity index (χ0v) is 17.6. The van der Waals surface area contributed by atoms with Crippen LogP contribution in [-0.4, -0.2) is 23.7 Å². The predicted octanol–water partition coefficient (Wildman–Crippen LogP) is 3.98. The van der Waals surface area contributed by atoms with E-state index >= 15 is 0 Å². The van der Waals surface area contributed by atoms with E-state index in [2.05, 4.69) is 9.71 Å². The molecule has 0 saturated carbocycles. The van der Waals surface area contributed by atoms with Gasteiger partial charge < -0.3 is 9.30 Å². The normalized spacial score (nSPS) is 11.6. The van der Waals surface area contributed by atoms with E-state index < -0.39 is 15.8 Å². The summed E-state index contributed by atoms with van der Waals surface area (Å²) in [7, 11) is -2.14. The summed E-state index contributed by atoms with van der Waals surface area (Å²) in [6.07, 6.45) is 1.79. The molecule has 3 rings (SSSR count). The van der Waals surface area contributed by atoms with Crippen LogP contribution >= 0.6 is 11.6 Å². The van der Waals surface area contributed by atoms with E-state index in [4.69, 9.17) is 16.3 Å². The number of hydrogen-bond acceptors (Lipinski definition) is 5. The van der Waals surface area contributed by atoms with E-state index in [0.29, 0.717) is 22.9 Å². The van der Waals surface area contributed by atoms with Gasteiger partial charge in [0.15, 0.2) is 11.6 Å². The highest BCUT2D eigenvalue weighted by Crippen LogP contribution is 2.35. The molecule has 0 aliphatic rings. The average Bonchev–Trinajstić information content (AvgIpc) is 2.63. The summed E-state index contributed by atoms with van der Waals surface area (Å²) < 4.78 is 48.1. The Hall–Kier alpha value is -2.65. The van der Waals surface area contributed by atoms with Crippen LogP contribution in [0.1, 0.15) is 18.9 Å². The Morgan fingerprint density at radius 2 is 2.00 bits per heavy atom. The summed E-state index contributed by atoms with van der Waals surface area (Å²) >= 11 is 6.03. The highest BCUT2D eigenvalue weighted by atomic mass is 35.5. The number of nitrogens with one attached hydrogen (secondary N) is 1. The highest BCUT2D eigenvalue weighted by Gasteiger charge is 2.19. The molecule has 0 radical (unpaired) electrons. The first kappa shape index (κ1) is 21.1. The number of aromatic nitrogens is 2. The van der Waals surface area contributed by atoms with Crippen molar-refractivity contribution in [2.75, 3.05) is 10.5 Å². The lowest BCUT2D eigenvalue weighted by molar-refractivity contribution is 0.441. The van der Waals surface area contributed by atoms with E-state index in [-0.39, 0.29) is 33.5 Å². The number of hydrogen-bond donors (Lipinski definition) is 1. The van der Waals surface area contributed by atoms with Crippen molar-refractivity contribution in [3.8, 4) is 11.5 Å². The molecule has 0 bridgehead atoms. The molecule has 0 spiro atoms. The van der Waals surface area contributed by atoms with Gasteiger partial charge in [-0.3, -0.25) is 9.52 Å². The maximum absolute atomic E-state index is 14.9. The minimum atomic E-state index is -3.72. The number of benzene rings is 2. The molecule has 0 amide bonds. The summed E-state index contributed by atoms with van der Waals surface area (Å²) in [6, 6.07) is 5.56. The Labute approximate surface area is 172 Å². The minimum Gasteiger partial charge on any atom is -0.454 e. The number of anilines is 1. The van der Waals surface area contributed by atoms with Crippen molar-refractivity contribution in [2.45, 2.75) is 20.3 Å². The largest absolute Gasteiger partial charge is 0.454 e. The summed E-state index contributed by atoms with van der Waals surface area (Å²) in [5.41, 5.74) is 0.385. The van der Waals surface area contributed by atoms with Gasteiger partial charge in [0.2, 0.25) is 10.0 Å². The molecule has 0 atom stereocenters. The van der Waals surface area contributed by atoms with Crippen molar-refractivity contribution in [2.24, 2.45) is 7.05 Å². The molecule has 29 heavy (non-hydrogen) atoms. The van der Waals surface area contributed by atoms with Crippen molar-refractivity contribution in [1.82, 2.24) is 9.55 Å². The van der Waals surface area contributed by atoms with Gasteiger partial charge in [-0.05, 0) is 31.5 Å². The van der Waals surface area contributed by atoms with Crippen molar-refractivity contribution >= 4 is 38.2 Å². The second kappa shape index (κ2) is 8.00. The predicted molar refractivity (Wildman–Crippen MR) is 111 cm³/mol. The summed E-state index contributed by atoms with van der Waals surface area (Å²) in [6.45, 7) is 3.36. The molecule has 0 saturated heterocycles. The number of ether oxygens (including phenoxy) is 1. The van der Waals surface area contributed by atoms with Crippen molar-refractivity contribution < 1.29 is 17.5 Å². The van der Waals surface area contributed by atoms with Gasteiger partial charge in [-0.1, -0.05) is 18.5 Å². The fraction of sp³-hybridized carbons (Fsp3) is 0.263. The second-order valence-corrected chi connectivity index (χ2v) is 8.81. The molecule has 0 aliphatic heterocycles. The molecule has 7 nitrogen and oxygen atoms in total. The quantitative estimate of drug-likeness (QED) is 0.627. The Morgan fingerprint density at radius 3 is 2.69 bits per heavy atom. The maximum atomic E-state index is 14.9. The van der Waals surface area contributed by atoms with Gasteiger partial charge in [-0.2, -0.15) is 0 Å². The molecule has 1 heterocycles. The van der Waals surface area contributed by atoms with Crippen LogP contribution < -0.4 is 15.0 Å². The first-order valence-corrected chi connectivity index (χ1v) is 10.8. The number of sulfonamides is 1. The van der Waals surface area contributed by atoms with Crippen LogP contribution in [0.3, 0.4) is 0 Å². The Balaban J connectivity index is 2.06. The molecular formula is C19H19ClFN3O4S. The monoisotopic (exact) mass is 439 g/mol. The highest BCUT2D eigenvalue weighted by molar-refractivity contribution is 7.92. The van der Waals surface area contributed by atoms with Crippen LogP contribution in [0.4, 0.5) is 10.1 Å². The molecule has 2 aromatic carbocycles. The van der Waals surface area contributed by atoms with Gasteiger partial charge in [-0.15, -0.1) is 0 Å². The standard InChI is InChI=1S/C19H19ClFN3O4S/c1-4-7-29(26,27)23-14-8-12(20)9-16(18(14)21)28-15-6-5-13-17(11(15)2)19(25)24(3)10-22-13/h5-6,8-10,23H,4,7H2,1-3H3. The summed E-state index contributed by atoms with van der Waals surface area (Å²) in [4.78, 5) is 16.6. The van der Waals surface area contributed by atoms with Gasteiger partial charge >= 0.3 is 0 Å². The fourth-order valence-corrected chi connectivity index (χ4v) is 4.19. The van der Waals surface area contributed by atoms with Gasteiger partial charge in [0.1, 0.15) is 5.75 Å². The maximum Gasteiger partial charge on any atom is 0.261 e. The molecular weight excluding hydrogens is 421 g/mol. The van der Waals surface area contributed by atoms with Crippen LogP contribution in [0.5, 0.6) is 11.5 Å². The smallest absolute Gasteiger partial charge is 0.261 e. The SMILES string of the molecule is CCCS(=O)(=O)Nc1cc(Cl)cc(Oc2ccc3ncn(C)c(=O)c3c2C)c1F. The van der Waals surface area contributed by atoms with Gasteiger partial charge in [0.25, 0.3) is 5.56 Å². The Morgan fingerprint density at radius 1 is 1.28 bits per heavy atom. The topological polar surface area (TPSA) is 90.3 Å². The lowest BCUT2D eigenvalue weighted by Gasteiger charge is -2.15. The van der Waals surface area contributed by atoms with Crippen molar-refractivity contribution in [1.29, 1.82) is 0 Å². The van der Waals surface area contributed by atoms with Crippen LogP contribution in [0.15, 0.2) is 35.4 Å². The number of aryl methyl sites for hydroxylation is 2. The number of nitrogens with zero attached hydrogens (tertiary/aromatic N) is 2. The Bertz CT molecular complexity index is 1260. The van der Waals surface area contributed by atoms with Crippen LogP contribution in [-0.2, 0) is 17.1 Å². The molecule has 10 heteroatoms. The first-order valence-electron chi connectivity index (χ1n) is 8.75. The van der Waals surface area contributed by atoms with Gasteiger partial charge in [-0.25, -0.2) is 17.8 Å². The third kappa shape index (κ3) is 4.35. The minimum absolute atomic E-state index is 0.0895. The molecule has 3 aromatic rings. The van der Waals surface area contributed by atoms with Crippen molar-refractivity contribution in [3.05, 3.63) is 57.3 Å². The third-order valence-corrected chi connectivity index (χ3v) is 5.95. The number of fused-ring (bicyclic) bond motifs is 1. The molecule has 154 valence electrons. The lowest BCUT2D eigenvalue weighted by Crippen LogP contribution is -2.18. The molecule has 0 fully saturated rings. The Kier molecular flexibility index (Phi) is 5.81. The average molecular weight is 440 g/mol. The van der Waals surface area contributed by atoms with E-state index in [9.17, 15) is 17.6 Å². The third-order valence-electron chi connectivity index (χ3n) is 4.26. The molecule has 1 aromatic heterocycles. The fourth-order valence-electron chi connectivity index (χ4n) is 2.86. The van der Waals surface area contributed by atoms with E-state index in [1.807, 2.05) is 0 Å². The number of rotatable bonds is 6. The second-order valence-electron chi connectivity index (χ2n) is 6.53. The number of halogens is 2. The van der Waals surface area contributed by atoms with Gasteiger partial charge in [0.05, 0.1) is 28.7 Å². The zero-order chi connectivity index (χ0) is 21.3. The van der Waals surface area contributed by atoms with Crippen LogP contribution in [0.2, 0.25) is 5.02 Å². The zero-order valence-electron chi connectivity index (χ0n) is 16.0. The van der Waals surface area contributed by atoms with E-state index in [0.717, 1.165) is 0 Å². The molecule has 0 aliphatic carbocycles. The molecule has 0 unspecified atom stereocenters. The lowest BCUT2D eigenvalue weighted by atomic mass is 10.1. The van der Waals surface area contributed by atoms with Crippen LogP contribution in [0.25, 0.3) is 10.9 Å². The summed E-state index contributed by atoms with van der Waals surface area (Å²) in [5, 5.41) is 0.436. The van der Waals surface area contributed by atoms with E-state index in [1.54, 1.807) is 33.0 Å². The van der Waals surface area contributed by atoms with Crippen LogP contribution in [0, 0.1) is 12.7 Å².